The first-order valence-electron chi connectivity index (χ1n) is 6.33. The van der Waals surface area contributed by atoms with Crippen molar-refractivity contribution in [2.75, 3.05) is 0 Å². The topological polar surface area (TPSA) is 147 Å². The Kier molecular flexibility index (Phi) is 2.86. The average Bonchev–Trinajstić information content (AvgIpc) is 3.13. The number of aryl methyl sites for hydroxylation is 1. The number of nitrogens with zero attached hydrogens (tertiary/aromatic N) is 2. The SMILES string of the molecule is Cc1cn([C@H]2C[C@](N)(O)[C@@H](C3(C#N)BO3)O2)c(=O)[nH]c1=O. The fraction of sp³-hybridized carbons (Fsp3) is 0.545. The van der Waals surface area contributed by atoms with Crippen LogP contribution in [-0.4, -0.2) is 39.5 Å². The number of H-pyrrole nitrogens is 1. The molecule has 0 radical (unpaired) electrons. The molecule has 110 valence electrons. The van der Waals surface area contributed by atoms with E-state index < -0.39 is 34.8 Å². The minimum Gasteiger partial charge on any atom is -0.420 e. The molecule has 2 fully saturated rings. The van der Waals surface area contributed by atoms with Gasteiger partial charge in [-0.3, -0.25) is 14.3 Å². The van der Waals surface area contributed by atoms with Crippen molar-refractivity contribution in [1.29, 1.82) is 5.26 Å². The van der Waals surface area contributed by atoms with Crippen molar-refractivity contribution in [3.8, 4) is 6.07 Å². The van der Waals surface area contributed by atoms with Crippen LogP contribution in [0.4, 0.5) is 0 Å². The van der Waals surface area contributed by atoms with Gasteiger partial charge in [0.05, 0.1) is 6.07 Å². The Bertz CT molecular complexity index is 744. The van der Waals surface area contributed by atoms with Crippen molar-refractivity contribution in [2.24, 2.45) is 5.73 Å². The first-order valence-corrected chi connectivity index (χ1v) is 6.33. The van der Waals surface area contributed by atoms with E-state index in [-0.39, 0.29) is 13.9 Å². The molecule has 2 aliphatic heterocycles. The molecule has 2 aliphatic rings. The summed E-state index contributed by atoms with van der Waals surface area (Å²) in [6.45, 7) is 1.54. The first-order chi connectivity index (χ1) is 9.79. The summed E-state index contributed by atoms with van der Waals surface area (Å²) >= 11 is 0. The molecule has 0 saturated carbocycles. The minimum atomic E-state index is -1.81. The highest BCUT2D eigenvalue weighted by atomic mass is 16.6. The summed E-state index contributed by atoms with van der Waals surface area (Å²) in [6, 6.07) is 1.92. The smallest absolute Gasteiger partial charge is 0.330 e. The first kappa shape index (κ1) is 14.0. The van der Waals surface area contributed by atoms with Gasteiger partial charge in [-0.2, -0.15) is 5.26 Å². The van der Waals surface area contributed by atoms with E-state index in [0.717, 1.165) is 4.57 Å². The van der Waals surface area contributed by atoms with E-state index in [4.69, 9.17) is 20.4 Å². The van der Waals surface area contributed by atoms with Gasteiger partial charge in [-0.15, -0.1) is 0 Å². The zero-order valence-electron chi connectivity index (χ0n) is 11.2. The van der Waals surface area contributed by atoms with Crippen LogP contribution in [0.15, 0.2) is 15.8 Å². The maximum Gasteiger partial charge on any atom is 0.330 e. The van der Waals surface area contributed by atoms with Crippen LogP contribution in [0.1, 0.15) is 18.2 Å². The van der Waals surface area contributed by atoms with Crippen LogP contribution in [0.25, 0.3) is 0 Å². The average molecular weight is 292 g/mol. The third kappa shape index (κ3) is 2.11. The lowest BCUT2D eigenvalue weighted by Crippen LogP contribution is -2.54. The molecule has 3 rings (SSSR count). The number of nitrogens with two attached hydrogens (primary N) is 1. The van der Waals surface area contributed by atoms with Crippen LogP contribution >= 0.6 is 0 Å². The Morgan fingerprint density at radius 3 is 2.90 bits per heavy atom. The highest BCUT2D eigenvalue weighted by Gasteiger charge is 2.65. The fourth-order valence-electron chi connectivity index (χ4n) is 2.54. The molecule has 21 heavy (non-hydrogen) atoms. The molecule has 1 aromatic heterocycles. The monoisotopic (exact) mass is 292 g/mol. The number of rotatable bonds is 2. The second kappa shape index (κ2) is 4.28. The third-order valence-corrected chi connectivity index (χ3v) is 3.77. The largest absolute Gasteiger partial charge is 0.420 e. The molecule has 9 nitrogen and oxygen atoms in total. The van der Waals surface area contributed by atoms with Gasteiger partial charge in [0.25, 0.3) is 5.56 Å². The Morgan fingerprint density at radius 1 is 1.67 bits per heavy atom. The number of nitrogens with one attached hydrogen (secondary N) is 1. The van der Waals surface area contributed by atoms with Crippen molar-refractivity contribution in [3.05, 3.63) is 32.6 Å². The Hall–Kier alpha value is -1.93. The molecule has 1 unspecified atom stereocenters. The summed E-state index contributed by atoms with van der Waals surface area (Å²) in [7, 11) is 0.111. The zero-order valence-corrected chi connectivity index (χ0v) is 11.2. The van der Waals surface area contributed by atoms with E-state index >= 15 is 0 Å². The van der Waals surface area contributed by atoms with Crippen molar-refractivity contribution in [2.45, 2.75) is 36.9 Å². The maximum absolute atomic E-state index is 11.8. The number of ether oxygens (including phenoxy) is 1. The normalized spacial score (nSPS) is 37.8. The number of nitriles is 1. The molecule has 0 aliphatic carbocycles. The van der Waals surface area contributed by atoms with E-state index in [1.54, 1.807) is 0 Å². The second-order valence-corrected chi connectivity index (χ2v) is 5.43. The van der Waals surface area contributed by atoms with Gasteiger partial charge in [0.1, 0.15) is 18.1 Å². The molecule has 10 heteroatoms. The molecular weight excluding hydrogens is 279 g/mol. The molecule has 0 amide bonds. The van der Waals surface area contributed by atoms with Gasteiger partial charge in [0.15, 0.2) is 5.50 Å². The van der Waals surface area contributed by atoms with Gasteiger partial charge in [0, 0.05) is 18.2 Å². The quantitative estimate of drug-likeness (QED) is 0.307. The molecule has 0 aromatic carbocycles. The van der Waals surface area contributed by atoms with Crippen LogP contribution < -0.4 is 17.0 Å². The summed E-state index contributed by atoms with van der Waals surface area (Å²) in [5.41, 5.74) is 1.85. The maximum atomic E-state index is 11.8. The highest BCUT2D eigenvalue weighted by molar-refractivity contribution is 6.44. The van der Waals surface area contributed by atoms with E-state index in [1.807, 2.05) is 6.07 Å². The van der Waals surface area contributed by atoms with Crippen LogP contribution in [0.2, 0.25) is 0 Å². The molecule has 4 N–H and O–H groups in total. The lowest BCUT2D eigenvalue weighted by atomic mass is 9.79. The summed E-state index contributed by atoms with van der Waals surface area (Å²) < 4.78 is 11.8. The van der Waals surface area contributed by atoms with Crippen LogP contribution in [0.5, 0.6) is 0 Å². The van der Waals surface area contributed by atoms with Crippen molar-refractivity contribution in [1.82, 2.24) is 9.55 Å². The molecular formula is C11H13BN4O5. The number of aromatic amines is 1. The van der Waals surface area contributed by atoms with Crippen molar-refractivity contribution < 1.29 is 14.5 Å². The van der Waals surface area contributed by atoms with Gasteiger partial charge in [-0.1, -0.05) is 0 Å². The van der Waals surface area contributed by atoms with Crippen LogP contribution in [0.3, 0.4) is 0 Å². The number of hydrogen-bond acceptors (Lipinski definition) is 7. The van der Waals surface area contributed by atoms with E-state index in [2.05, 4.69) is 4.98 Å². The van der Waals surface area contributed by atoms with Crippen LogP contribution in [-0.2, 0) is 9.39 Å². The van der Waals surface area contributed by atoms with Crippen molar-refractivity contribution in [3.63, 3.8) is 0 Å². The Labute approximate surface area is 119 Å². The molecule has 2 saturated heterocycles. The summed E-state index contributed by atoms with van der Waals surface area (Å²) in [5, 5.41) is 19.3. The van der Waals surface area contributed by atoms with E-state index in [9.17, 15) is 14.7 Å². The molecule has 0 spiro atoms. The zero-order chi connectivity index (χ0) is 15.4. The predicted molar refractivity (Wildman–Crippen MR) is 70.3 cm³/mol. The lowest BCUT2D eigenvalue weighted by Gasteiger charge is -2.25. The van der Waals surface area contributed by atoms with Crippen molar-refractivity contribution >= 4 is 7.48 Å². The molecule has 1 aromatic rings. The summed E-state index contributed by atoms with van der Waals surface area (Å²) in [6.07, 6.45) is -0.728. The number of aliphatic hydroxyl groups is 1. The lowest BCUT2D eigenvalue weighted by molar-refractivity contribution is -0.0825. The molecule has 4 atom stereocenters. The summed E-state index contributed by atoms with van der Waals surface area (Å²) in [5.74, 6) is 0. The van der Waals surface area contributed by atoms with Gasteiger partial charge in [-0.25, -0.2) is 4.79 Å². The number of hydrogen-bond donors (Lipinski definition) is 3. The Morgan fingerprint density at radius 2 is 2.33 bits per heavy atom. The molecule has 0 bridgehead atoms. The van der Waals surface area contributed by atoms with Crippen LogP contribution in [0, 0.1) is 18.3 Å². The van der Waals surface area contributed by atoms with Gasteiger partial charge in [-0.05, 0) is 6.92 Å². The predicted octanol–water partition coefficient (Wildman–Crippen LogP) is -2.62. The standard InChI is InChI=1S/C11H13BN4O5/c1-5-3-16(9(18)15-7(5)17)6-2-11(14,19)8(20-6)10(4-13)12-21-10/h3,6,8,12,19H,2,14H2,1H3,(H,15,17,18)/t6-,8-,10?,11+/m1/s1. The second-order valence-electron chi connectivity index (χ2n) is 5.43. The minimum absolute atomic E-state index is 0.101. The molecule has 3 heterocycles. The van der Waals surface area contributed by atoms with Gasteiger partial charge < -0.3 is 20.2 Å². The fourth-order valence-corrected chi connectivity index (χ4v) is 2.54. The highest BCUT2D eigenvalue weighted by Crippen LogP contribution is 2.43. The van der Waals surface area contributed by atoms with E-state index in [0.29, 0.717) is 5.56 Å². The van der Waals surface area contributed by atoms with Gasteiger partial charge in [0.2, 0.25) is 0 Å². The van der Waals surface area contributed by atoms with Gasteiger partial charge >= 0.3 is 13.2 Å². The third-order valence-electron chi connectivity index (χ3n) is 3.77. The summed E-state index contributed by atoms with van der Waals surface area (Å²) in [4.78, 5) is 25.4. The van der Waals surface area contributed by atoms with E-state index in [1.165, 1.54) is 13.1 Å². The Balaban J connectivity index is 1.97. The number of aromatic nitrogens is 2.